The highest BCUT2D eigenvalue weighted by atomic mass is 35.5. The first-order chi connectivity index (χ1) is 26.4. The van der Waals surface area contributed by atoms with Gasteiger partial charge in [-0.25, -0.2) is 18.5 Å². The van der Waals surface area contributed by atoms with Gasteiger partial charge in [0.2, 0.25) is 5.28 Å². The third kappa shape index (κ3) is 18.3. The molecule has 0 saturated carbocycles. The number of fused-ring (bicyclic) bond motifs is 1. The zero-order valence-electron chi connectivity index (χ0n) is 32.4. The Morgan fingerprint density at radius 2 is 1.47 bits per heavy atom. The van der Waals surface area contributed by atoms with Crippen LogP contribution in [0.4, 0.5) is 10.2 Å². The third-order valence-electron chi connectivity index (χ3n) is 9.32. The van der Waals surface area contributed by atoms with Gasteiger partial charge in [-0.1, -0.05) is 117 Å². The number of ether oxygens (including phenoxy) is 2. The summed E-state index contributed by atoms with van der Waals surface area (Å²) in [5.74, 6) is 1.35. The highest BCUT2D eigenvalue weighted by Gasteiger charge is 2.47. The quantitative estimate of drug-likeness (QED) is 0.0307. The standard InChI is InChI=1S/C35H63ClFN5O10P2S/c1-3-5-7-9-11-13-14-16-18-20-22-55-25-27(48-21-19-17-15-12-10-8-6-4-2)23-49-53(44,45)52-54(46,47)50-24-28-31(43)29(37)34(51-28)42-26-39-30-32(38)40-35(36)41-33(30)42/h26-29,31,34,43H,3-25H2,1-2H3,(H,44,45)(H,46,47)(H2,38,40,41)/t27?,28-,29-,31?,34-/m1/s1. The molecule has 0 amide bonds. The number of nitrogens with two attached hydrogens (primary N) is 1. The van der Waals surface area contributed by atoms with Gasteiger partial charge in [0, 0.05) is 12.4 Å². The normalized spacial score (nSPS) is 21.6. The molecule has 5 N–H and O–H groups in total. The molecule has 318 valence electrons. The van der Waals surface area contributed by atoms with Crippen LogP contribution in [0, 0.1) is 0 Å². The maximum absolute atomic E-state index is 15.2. The number of unbranched alkanes of at least 4 members (excludes halogenated alkanes) is 16. The number of hydrogen-bond acceptors (Lipinski definition) is 13. The van der Waals surface area contributed by atoms with Crippen LogP contribution in [0.5, 0.6) is 0 Å². The molecule has 0 aliphatic carbocycles. The molecule has 1 aliphatic rings. The van der Waals surface area contributed by atoms with Crippen LogP contribution in [0.3, 0.4) is 0 Å². The molecule has 2 aromatic rings. The van der Waals surface area contributed by atoms with Crippen LogP contribution >= 0.6 is 39.0 Å². The Hall–Kier alpha value is -0.940. The first kappa shape index (κ1) is 48.4. The van der Waals surface area contributed by atoms with Crippen LogP contribution in [0.1, 0.15) is 136 Å². The van der Waals surface area contributed by atoms with Crippen molar-refractivity contribution in [3.05, 3.63) is 11.6 Å². The van der Waals surface area contributed by atoms with Crippen molar-refractivity contribution in [2.45, 2.75) is 160 Å². The summed E-state index contributed by atoms with van der Waals surface area (Å²) in [6, 6.07) is 0. The van der Waals surface area contributed by atoms with Crippen molar-refractivity contribution < 1.29 is 51.2 Å². The average Bonchev–Trinajstić information content (AvgIpc) is 3.68. The van der Waals surface area contributed by atoms with E-state index in [1.165, 1.54) is 89.8 Å². The molecule has 0 radical (unpaired) electrons. The SMILES string of the molecule is CCCCCCCCCCCCSCC(COP(=O)(O)OP(=O)(O)OC[C@H]1O[C@@H](n2cnc3c(N)nc(Cl)nc32)[C@H](F)C1O)OCCCCCCCCCC. The number of aliphatic hydroxyl groups is 1. The number of halogens is 2. The van der Waals surface area contributed by atoms with E-state index in [4.69, 9.17) is 35.9 Å². The second kappa shape index (κ2) is 26.2. The summed E-state index contributed by atoms with van der Waals surface area (Å²) < 4.78 is 67.9. The Kier molecular flexibility index (Phi) is 23.1. The number of phosphoric ester groups is 2. The van der Waals surface area contributed by atoms with Crippen molar-refractivity contribution in [3.63, 3.8) is 0 Å². The summed E-state index contributed by atoms with van der Waals surface area (Å²) in [6.07, 6.45) is 15.3. The average molecular weight is 862 g/mol. The maximum Gasteiger partial charge on any atom is 0.481 e. The Labute approximate surface area is 334 Å². The Balaban J connectivity index is 1.44. The van der Waals surface area contributed by atoms with E-state index in [0.29, 0.717) is 12.4 Å². The summed E-state index contributed by atoms with van der Waals surface area (Å²) in [5.41, 5.74) is 5.96. The predicted molar refractivity (Wildman–Crippen MR) is 214 cm³/mol. The topological polar surface area (TPSA) is 211 Å². The molecule has 15 nitrogen and oxygen atoms in total. The second-order valence-electron chi connectivity index (χ2n) is 14.0. The predicted octanol–water partition coefficient (Wildman–Crippen LogP) is 9.09. The van der Waals surface area contributed by atoms with E-state index in [1.54, 1.807) is 11.8 Å². The van der Waals surface area contributed by atoms with Crippen LogP contribution in [0.2, 0.25) is 5.28 Å². The van der Waals surface area contributed by atoms with Crippen LogP contribution < -0.4 is 5.73 Å². The number of phosphoric acid groups is 2. The molecule has 0 spiro atoms. The first-order valence-corrected chi connectivity index (χ1v) is 24.4. The lowest BCUT2D eigenvalue weighted by molar-refractivity contribution is -0.0453. The van der Waals surface area contributed by atoms with Crippen LogP contribution in [-0.2, 0) is 32.0 Å². The van der Waals surface area contributed by atoms with Crippen molar-refractivity contribution in [2.75, 3.05) is 37.1 Å². The van der Waals surface area contributed by atoms with Crippen molar-refractivity contribution >= 4 is 56.0 Å². The Morgan fingerprint density at radius 3 is 2.09 bits per heavy atom. The smallest absolute Gasteiger partial charge is 0.387 e. The molecule has 2 aromatic heterocycles. The lowest BCUT2D eigenvalue weighted by Crippen LogP contribution is -2.31. The molecule has 7 atom stereocenters. The fourth-order valence-corrected chi connectivity index (χ4v) is 9.53. The molecule has 3 heterocycles. The molecule has 55 heavy (non-hydrogen) atoms. The van der Waals surface area contributed by atoms with Gasteiger partial charge in [0.05, 0.1) is 25.6 Å². The fourth-order valence-electron chi connectivity index (χ4n) is 6.22. The Morgan fingerprint density at radius 1 is 0.909 bits per heavy atom. The number of aromatic nitrogens is 4. The first-order valence-electron chi connectivity index (χ1n) is 19.9. The van der Waals surface area contributed by atoms with Crippen LogP contribution in [0.15, 0.2) is 6.33 Å². The number of alkyl halides is 1. The molecular formula is C35H63ClFN5O10P2S. The van der Waals surface area contributed by atoms with E-state index in [1.807, 2.05) is 0 Å². The fraction of sp³-hybridized carbons (Fsp3) is 0.857. The molecule has 1 aliphatic heterocycles. The summed E-state index contributed by atoms with van der Waals surface area (Å²) in [6.45, 7) is 3.63. The molecule has 1 saturated heterocycles. The minimum absolute atomic E-state index is 0.0331. The number of nitrogens with zero attached hydrogens (tertiary/aromatic N) is 4. The Bertz CT molecular complexity index is 1470. The highest BCUT2D eigenvalue weighted by molar-refractivity contribution is 7.99. The van der Waals surface area contributed by atoms with E-state index < -0.39 is 53.0 Å². The molecule has 4 unspecified atom stereocenters. The molecule has 0 aromatic carbocycles. The molecule has 1 fully saturated rings. The lowest BCUT2D eigenvalue weighted by atomic mass is 10.1. The van der Waals surface area contributed by atoms with Gasteiger partial charge in [0.25, 0.3) is 0 Å². The lowest BCUT2D eigenvalue weighted by Gasteiger charge is -2.21. The van der Waals surface area contributed by atoms with E-state index in [-0.39, 0.29) is 28.9 Å². The molecule has 3 rings (SSSR count). The maximum atomic E-state index is 15.2. The number of rotatable bonds is 32. The summed E-state index contributed by atoms with van der Waals surface area (Å²) in [5, 5.41) is 10.3. The minimum atomic E-state index is -5.27. The van der Waals surface area contributed by atoms with Crippen molar-refractivity contribution in [2.24, 2.45) is 0 Å². The molecule has 20 heteroatoms. The van der Waals surface area contributed by atoms with E-state index in [9.17, 15) is 24.0 Å². The van der Waals surface area contributed by atoms with Crippen LogP contribution in [0.25, 0.3) is 11.2 Å². The molecule has 0 bridgehead atoms. The van der Waals surface area contributed by atoms with Crippen molar-refractivity contribution in [3.8, 4) is 0 Å². The number of nitrogen functional groups attached to an aromatic ring is 1. The number of thioether (sulfide) groups is 1. The number of hydrogen-bond donors (Lipinski definition) is 4. The van der Waals surface area contributed by atoms with Gasteiger partial charge in [0.15, 0.2) is 23.9 Å². The van der Waals surface area contributed by atoms with Gasteiger partial charge in [-0.3, -0.25) is 13.6 Å². The van der Waals surface area contributed by atoms with E-state index in [2.05, 4.69) is 33.1 Å². The highest BCUT2D eigenvalue weighted by Crippen LogP contribution is 2.60. The van der Waals surface area contributed by atoms with Gasteiger partial charge in [-0.05, 0) is 30.2 Å². The van der Waals surface area contributed by atoms with Gasteiger partial charge >= 0.3 is 15.6 Å². The van der Waals surface area contributed by atoms with Crippen molar-refractivity contribution in [1.29, 1.82) is 0 Å². The zero-order chi connectivity index (χ0) is 40.1. The number of aliphatic hydroxyl groups excluding tert-OH is 1. The monoisotopic (exact) mass is 861 g/mol. The second-order valence-corrected chi connectivity index (χ2v) is 18.6. The van der Waals surface area contributed by atoms with Gasteiger partial charge < -0.3 is 30.1 Å². The number of anilines is 1. The van der Waals surface area contributed by atoms with Crippen LogP contribution in [-0.4, -0.2) is 90.2 Å². The number of imidazole rings is 1. The van der Waals surface area contributed by atoms with Gasteiger partial charge in [0.1, 0.15) is 17.7 Å². The van der Waals surface area contributed by atoms with Gasteiger partial charge in [-0.2, -0.15) is 26.0 Å². The molecular weight excluding hydrogens is 799 g/mol. The summed E-state index contributed by atoms with van der Waals surface area (Å²) in [7, 11) is -10.4. The van der Waals surface area contributed by atoms with E-state index >= 15 is 4.39 Å². The van der Waals surface area contributed by atoms with Gasteiger partial charge in [-0.15, -0.1) is 0 Å². The summed E-state index contributed by atoms with van der Waals surface area (Å²) in [4.78, 5) is 32.4. The third-order valence-corrected chi connectivity index (χ3v) is 13.3. The van der Waals surface area contributed by atoms with E-state index in [0.717, 1.165) is 42.4 Å². The van der Waals surface area contributed by atoms with Crippen molar-refractivity contribution in [1.82, 2.24) is 19.5 Å². The minimum Gasteiger partial charge on any atom is -0.387 e. The zero-order valence-corrected chi connectivity index (χ0v) is 35.7. The largest absolute Gasteiger partial charge is 0.481 e. The summed E-state index contributed by atoms with van der Waals surface area (Å²) >= 11 is 7.55.